The smallest absolute Gasteiger partial charge is 0.462 e. The number of anilines is 1. The van der Waals surface area contributed by atoms with E-state index in [0.29, 0.717) is 25.0 Å². The lowest BCUT2D eigenvalue weighted by Crippen LogP contribution is -2.30. The molecule has 0 saturated carbocycles. The molecule has 2 unspecified atom stereocenters. The number of carbonyl (C=O) groups excluding carboxylic acids is 3. The van der Waals surface area contributed by atoms with E-state index in [1.807, 2.05) is 0 Å². The van der Waals surface area contributed by atoms with Gasteiger partial charge in [0.25, 0.3) is 5.91 Å². The Kier molecular flexibility index (Phi) is 35.5. The molecule has 2 heterocycles. The van der Waals surface area contributed by atoms with Crippen LogP contribution in [0.1, 0.15) is 216 Å². The number of benzene rings is 1. The van der Waals surface area contributed by atoms with E-state index in [1.54, 1.807) is 19.1 Å². The molecule has 428 valence electrons. The van der Waals surface area contributed by atoms with Gasteiger partial charge in [-0.3, -0.25) is 28.0 Å². The number of H-pyrrole nitrogens is 1. The third-order valence-electron chi connectivity index (χ3n) is 12.7. The Bertz CT molecular complexity index is 2210. The fourth-order valence-electron chi connectivity index (χ4n) is 8.28. The third-order valence-corrected chi connectivity index (χ3v) is 14.0. The van der Waals surface area contributed by atoms with E-state index in [9.17, 15) is 23.7 Å². The van der Waals surface area contributed by atoms with E-state index in [-0.39, 0.29) is 67.8 Å². The number of amides is 1. The molecular formula is C57H93N6O12P. The molecule has 0 saturated heterocycles. The van der Waals surface area contributed by atoms with Crippen LogP contribution in [0, 0.1) is 0 Å². The van der Waals surface area contributed by atoms with Crippen molar-refractivity contribution in [1.82, 2.24) is 25.0 Å². The molecule has 19 heteroatoms. The molecule has 1 amide bonds. The van der Waals surface area contributed by atoms with Crippen LogP contribution in [0.15, 0.2) is 53.4 Å². The highest BCUT2D eigenvalue weighted by Crippen LogP contribution is 2.48. The predicted molar refractivity (Wildman–Crippen MR) is 299 cm³/mol. The highest BCUT2D eigenvalue weighted by Gasteiger charge is 2.31. The molecule has 0 fully saturated rings. The van der Waals surface area contributed by atoms with E-state index in [0.717, 1.165) is 77.0 Å². The van der Waals surface area contributed by atoms with Crippen LogP contribution in [0.4, 0.5) is 5.82 Å². The Hall–Kier alpha value is -4.87. The standard InChI is InChI=1S/C57H93N6O12P/c1-5-8-10-12-14-16-18-20-22-24-26-28-30-32-34-36-50(64)71-45-49(74-51(65)37-35-33-31-29-27-25-23-21-19-17-15-13-11-9-6-2)46-73-76(68,72-7-3)75-62-55(66)48-40-38-47(39-41-48)44-63-54-52(59-57(63)67)53(58)60-56(61-54)70-43-42-69-4/h20-23,38-41,49H,5-19,24-37,42-46H2,1-4H3,(H,59,67)(H,62,66)(H2,58,60,61)/b22-20?,23-21-. The summed E-state index contributed by atoms with van der Waals surface area (Å²) in [6.45, 7) is 5.64. The monoisotopic (exact) mass is 1080 g/mol. The summed E-state index contributed by atoms with van der Waals surface area (Å²) >= 11 is 0. The largest absolute Gasteiger partial charge is 0.496 e. The average molecular weight is 1090 g/mol. The molecule has 0 bridgehead atoms. The number of ether oxygens (including phenoxy) is 4. The molecule has 18 nitrogen and oxygen atoms in total. The van der Waals surface area contributed by atoms with Gasteiger partial charge in [0.2, 0.25) is 0 Å². The highest BCUT2D eigenvalue weighted by molar-refractivity contribution is 7.48. The van der Waals surface area contributed by atoms with Crippen LogP contribution >= 0.6 is 7.82 Å². The van der Waals surface area contributed by atoms with Gasteiger partial charge in [-0.2, -0.15) is 14.6 Å². The Labute approximate surface area is 452 Å². The molecule has 0 aliphatic carbocycles. The van der Waals surface area contributed by atoms with Crippen LogP contribution in [-0.2, 0) is 48.6 Å². The number of nitrogens with one attached hydrogen (secondary N) is 2. The number of carbonyl (C=O) groups is 3. The van der Waals surface area contributed by atoms with E-state index in [2.05, 4.69) is 58.6 Å². The van der Waals surface area contributed by atoms with Crippen molar-refractivity contribution in [2.45, 2.75) is 213 Å². The molecule has 3 rings (SSSR count). The summed E-state index contributed by atoms with van der Waals surface area (Å²) < 4.78 is 53.1. The lowest BCUT2D eigenvalue weighted by Gasteiger charge is -2.21. The van der Waals surface area contributed by atoms with Gasteiger partial charge in [-0.15, -0.1) is 0 Å². The van der Waals surface area contributed by atoms with Crippen molar-refractivity contribution in [2.24, 2.45) is 0 Å². The molecule has 76 heavy (non-hydrogen) atoms. The fraction of sp³-hybridized carbons (Fsp3) is 0.684. The molecule has 0 spiro atoms. The summed E-state index contributed by atoms with van der Waals surface area (Å²) in [5.41, 5.74) is 8.97. The SMILES string of the molecule is CCCCCCCCC=CCCCCCCCC(=O)OCC(COP(=O)(OCC)ONC(=O)c1ccc(Cn2c(=O)[nH]c3c(N)nc(OCCOC)nc32)cc1)OC(=O)CCCCCCC/C=C\CCCCCCCC. The second-order valence-electron chi connectivity index (χ2n) is 19.3. The zero-order chi connectivity index (χ0) is 54.9. The van der Waals surface area contributed by atoms with Crippen molar-refractivity contribution in [2.75, 3.05) is 45.9 Å². The molecule has 0 aliphatic rings. The van der Waals surface area contributed by atoms with Crippen molar-refractivity contribution < 1.29 is 51.6 Å². The maximum atomic E-state index is 13.8. The Morgan fingerprint density at radius 2 is 1.21 bits per heavy atom. The van der Waals surface area contributed by atoms with Crippen molar-refractivity contribution in [3.8, 4) is 6.01 Å². The zero-order valence-electron chi connectivity index (χ0n) is 46.5. The minimum atomic E-state index is -4.49. The number of unbranched alkanes of at least 4 members (excludes halogenated alkanes) is 22. The zero-order valence-corrected chi connectivity index (χ0v) is 47.4. The number of fused-ring (bicyclic) bond motifs is 1. The number of phosphoric ester groups is 1. The topological polar surface area (TPSA) is 235 Å². The fourth-order valence-corrected chi connectivity index (χ4v) is 9.32. The number of nitrogens with zero attached hydrogens (tertiary/aromatic N) is 3. The number of nitrogen functional groups attached to an aromatic ring is 1. The number of hydrogen-bond acceptors (Lipinski definition) is 15. The van der Waals surface area contributed by atoms with Crippen LogP contribution in [0.5, 0.6) is 6.01 Å². The second-order valence-corrected chi connectivity index (χ2v) is 20.9. The highest BCUT2D eigenvalue weighted by atomic mass is 31.2. The van der Waals surface area contributed by atoms with Crippen molar-refractivity contribution >= 4 is 42.7 Å². The molecule has 0 radical (unpaired) electrons. The van der Waals surface area contributed by atoms with Crippen LogP contribution < -0.4 is 21.6 Å². The summed E-state index contributed by atoms with van der Waals surface area (Å²) in [4.78, 5) is 63.1. The Morgan fingerprint density at radius 1 is 0.684 bits per heavy atom. The summed E-state index contributed by atoms with van der Waals surface area (Å²) in [5, 5.41) is 0. The number of methoxy groups -OCH3 is 1. The van der Waals surface area contributed by atoms with Gasteiger partial charge in [0.05, 0.1) is 26.4 Å². The quantitative estimate of drug-likeness (QED) is 0.0157. The van der Waals surface area contributed by atoms with Gasteiger partial charge in [0.1, 0.15) is 18.7 Å². The van der Waals surface area contributed by atoms with E-state index in [1.165, 1.54) is 101 Å². The number of aromatic amines is 1. The number of rotatable bonds is 47. The van der Waals surface area contributed by atoms with Crippen molar-refractivity contribution in [3.05, 3.63) is 70.2 Å². The summed E-state index contributed by atoms with van der Waals surface area (Å²) in [6, 6.07) is 6.20. The van der Waals surface area contributed by atoms with Gasteiger partial charge < -0.3 is 29.7 Å². The Morgan fingerprint density at radius 3 is 1.75 bits per heavy atom. The van der Waals surface area contributed by atoms with Crippen molar-refractivity contribution in [3.63, 3.8) is 0 Å². The first kappa shape index (κ1) is 65.4. The third kappa shape index (κ3) is 29.0. The molecule has 0 aliphatic heterocycles. The molecular weight excluding hydrogens is 992 g/mol. The van der Waals surface area contributed by atoms with Gasteiger partial charge >= 0.3 is 31.5 Å². The first-order chi connectivity index (χ1) is 37.0. The molecule has 4 N–H and O–H groups in total. The number of allylic oxidation sites excluding steroid dienone is 4. The predicted octanol–water partition coefficient (Wildman–Crippen LogP) is 13.1. The van der Waals surface area contributed by atoms with Crippen LogP contribution in [0.3, 0.4) is 0 Å². The first-order valence-electron chi connectivity index (χ1n) is 28.5. The number of esters is 2. The van der Waals surface area contributed by atoms with Crippen molar-refractivity contribution in [1.29, 1.82) is 0 Å². The number of nitrogens with two attached hydrogens (primary N) is 1. The summed E-state index contributed by atoms with van der Waals surface area (Å²) in [6.07, 6.45) is 37.9. The van der Waals surface area contributed by atoms with Crippen LogP contribution in [0.25, 0.3) is 11.2 Å². The number of aromatic nitrogens is 4. The van der Waals surface area contributed by atoms with Crippen LogP contribution in [-0.4, -0.2) is 83.6 Å². The normalized spacial score (nSPS) is 12.9. The van der Waals surface area contributed by atoms with Gasteiger partial charge in [0.15, 0.2) is 17.6 Å². The second kappa shape index (κ2) is 41.3. The molecule has 2 atom stereocenters. The van der Waals surface area contributed by atoms with Gasteiger partial charge in [-0.25, -0.2) is 14.8 Å². The van der Waals surface area contributed by atoms with Gasteiger partial charge in [-0.05, 0) is 88.8 Å². The van der Waals surface area contributed by atoms with Gasteiger partial charge in [-0.1, -0.05) is 153 Å². The summed E-state index contributed by atoms with van der Waals surface area (Å²) in [7, 11) is -2.96. The van der Waals surface area contributed by atoms with E-state index < -0.39 is 44.1 Å². The minimum Gasteiger partial charge on any atom is -0.462 e. The van der Waals surface area contributed by atoms with Gasteiger partial charge in [0, 0.05) is 25.5 Å². The van der Waals surface area contributed by atoms with E-state index >= 15 is 0 Å². The number of hydroxylamine groups is 1. The Balaban J connectivity index is 1.50. The van der Waals surface area contributed by atoms with Crippen LogP contribution in [0.2, 0.25) is 0 Å². The summed E-state index contributed by atoms with van der Waals surface area (Å²) in [5.74, 6) is -1.68. The van der Waals surface area contributed by atoms with E-state index in [4.69, 9.17) is 38.4 Å². The number of hydrogen-bond donors (Lipinski definition) is 3. The lowest BCUT2D eigenvalue weighted by atomic mass is 10.1. The average Bonchev–Trinajstić information content (AvgIpc) is 3.73. The maximum Gasteiger partial charge on any atom is 0.496 e. The first-order valence-corrected chi connectivity index (χ1v) is 30.0. The molecule has 1 aromatic carbocycles. The number of phosphoric acid groups is 1. The molecule has 2 aromatic heterocycles. The number of imidazole rings is 1. The molecule has 3 aromatic rings. The minimum absolute atomic E-state index is 0.0153. The lowest BCUT2D eigenvalue weighted by molar-refractivity contribution is -0.161. The maximum absolute atomic E-state index is 13.8.